The third-order valence-corrected chi connectivity index (χ3v) is 4.65. The number of thioether (sulfide) groups is 1. The van der Waals surface area contributed by atoms with Crippen molar-refractivity contribution in [3.63, 3.8) is 0 Å². The van der Waals surface area contributed by atoms with Gasteiger partial charge in [0.05, 0.1) is 11.4 Å². The second kappa shape index (κ2) is 8.60. The van der Waals surface area contributed by atoms with Crippen LogP contribution < -0.4 is 5.32 Å². The van der Waals surface area contributed by atoms with Crippen LogP contribution in [0.5, 0.6) is 0 Å². The van der Waals surface area contributed by atoms with Crippen LogP contribution in [0.25, 0.3) is 11.3 Å². The van der Waals surface area contributed by atoms with Gasteiger partial charge in [-0.1, -0.05) is 29.5 Å². The lowest BCUT2D eigenvalue weighted by molar-refractivity contribution is -0.141. The minimum absolute atomic E-state index is 0.00577. The van der Waals surface area contributed by atoms with Crippen molar-refractivity contribution < 1.29 is 22.4 Å². The minimum atomic E-state index is -4.68. The third kappa shape index (κ3) is 5.77. The average Bonchev–Trinajstić information content (AvgIpc) is 2.68. The zero-order chi connectivity index (χ0) is 21.0. The lowest BCUT2D eigenvalue weighted by Gasteiger charge is -2.11. The first-order valence-corrected chi connectivity index (χ1v) is 9.41. The maximum Gasteiger partial charge on any atom is 0.433 e. The van der Waals surface area contributed by atoms with E-state index in [9.17, 15) is 22.4 Å². The zero-order valence-electron chi connectivity index (χ0n) is 15.1. The zero-order valence-corrected chi connectivity index (χ0v) is 15.9. The van der Waals surface area contributed by atoms with E-state index in [2.05, 4.69) is 15.3 Å². The van der Waals surface area contributed by atoms with Crippen molar-refractivity contribution >= 4 is 23.4 Å². The van der Waals surface area contributed by atoms with E-state index in [1.54, 1.807) is 12.1 Å². The molecule has 1 heterocycles. The molecule has 9 heteroatoms. The molecular weight excluding hydrogens is 406 g/mol. The Bertz CT molecular complexity index is 1010. The lowest BCUT2D eigenvalue weighted by Crippen LogP contribution is -2.15. The number of nitrogens with zero attached hydrogens (tertiary/aromatic N) is 2. The molecule has 0 atom stereocenters. The van der Waals surface area contributed by atoms with Gasteiger partial charge in [-0.2, -0.15) is 13.2 Å². The van der Waals surface area contributed by atoms with Gasteiger partial charge in [0.1, 0.15) is 11.5 Å². The average molecular weight is 421 g/mol. The number of halogens is 4. The molecule has 4 nitrogen and oxygen atoms in total. The highest BCUT2D eigenvalue weighted by molar-refractivity contribution is 7.99. The number of hydrogen-bond donors (Lipinski definition) is 1. The highest BCUT2D eigenvalue weighted by atomic mass is 32.2. The predicted octanol–water partition coefficient (Wildman–Crippen LogP) is 5.34. The Kier molecular flexibility index (Phi) is 6.17. The normalized spacial score (nSPS) is 11.3. The third-order valence-electron chi connectivity index (χ3n) is 3.80. The summed E-state index contributed by atoms with van der Waals surface area (Å²) in [6.07, 6.45) is -4.68. The van der Waals surface area contributed by atoms with Gasteiger partial charge in [-0.15, -0.1) is 0 Å². The van der Waals surface area contributed by atoms with E-state index in [0.717, 1.165) is 35.5 Å². The highest BCUT2D eigenvalue weighted by Gasteiger charge is 2.34. The van der Waals surface area contributed by atoms with Crippen LogP contribution in [0.2, 0.25) is 0 Å². The number of hydrogen-bond acceptors (Lipinski definition) is 4. The fourth-order valence-corrected chi connectivity index (χ4v) is 3.03. The summed E-state index contributed by atoms with van der Waals surface area (Å²) in [6.45, 7) is 1.91. The Morgan fingerprint density at radius 1 is 1.03 bits per heavy atom. The summed E-state index contributed by atoms with van der Waals surface area (Å²) in [4.78, 5) is 19.7. The fourth-order valence-electron chi connectivity index (χ4n) is 2.37. The standard InChI is InChI=1S/C20H15F4N3OS/c1-12-2-8-15(9-3-12)25-18(28)11-29-19-26-16(10-17(27-19)20(22,23)24)13-4-6-14(21)7-5-13/h2-10H,11H2,1H3,(H,25,28). The van der Waals surface area contributed by atoms with Gasteiger partial charge in [0, 0.05) is 11.3 Å². The lowest BCUT2D eigenvalue weighted by atomic mass is 10.1. The number of carbonyl (C=O) groups is 1. The number of alkyl halides is 3. The summed E-state index contributed by atoms with van der Waals surface area (Å²) in [7, 11) is 0. The molecule has 0 aliphatic carbocycles. The smallest absolute Gasteiger partial charge is 0.325 e. The van der Waals surface area contributed by atoms with E-state index in [0.29, 0.717) is 11.3 Å². The van der Waals surface area contributed by atoms with E-state index in [1.165, 1.54) is 12.1 Å². The summed E-state index contributed by atoms with van der Waals surface area (Å²) in [5, 5.41) is 2.46. The Hall–Kier alpha value is -2.94. The molecule has 0 bridgehead atoms. The minimum Gasteiger partial charge on any atom is -0.325 e. The number of carbonyl (C=O) groups excluding carboxylic acids is 1. The van der Waals surface area contributed by atoms with Gasteiger partial charge in [0.15, 0.2) is 5.16 Å². The van der Waals surface area contributed by atoms with Crippen molar-refractivity contribution in [2.24, 2.45) is 0 Å². The number of aromatic nitrogens is 2. The van der Waals surface area contributed by atoms with Gasteiger partial charge in [-0.3, -0.25) is 4.79 Å². The largest absolute Gasteiger partial charge is 0.433 e. The first kappa shape index (κ1) is 20.8. The van der Waals surface area contributed by atoms with E-state index in [4.69, 9.17) is 0 Å². The highest BCUT2D eigenvalue weighted by Crippen LogP contribution is 2.32. The molecule has 0 spiro atoms. The summed E-state index contributed by atoms with van der Waals surface area (Å²) < 4.78 is 52.7. The second-order valence-electron chi connectivity index (χ2n) is 6.13. The van der Waals surface area contributed by atoms with Crippen LogP contribution in [-0.2, 0) is 11.0 Å². The van der Waals surface area contributed by atoms with Crippen LogP contribution in [0.1, 0.15) is 11.3 Å². The van der Waals surface area contributed by atoms with Crippen molar-refractivity contribution in [2.75, 3.05) is 11.1 Å². The van der Waals surface area contributed by atoms with Crippen LogP contribution in [-0.4, -0.2) is 21.6 Å². The van der Waals surface area contributed by atoms with E-state index < -0.39 is 23.6 Å². The molecule has 1 amide bonds. The Morgan fingerprint density at radius 2 is 1.69 bits per heavy atom. The quantitative estimate of drug-likeness (QED) is 0.343. The molecule has 0 aliphatic heterocycles. The van der Waals surface area contributed by atoms with Crippen LogP contribution in [0.3, 0.4) is 0 Å². The molecule has 0 unspecified atom stereocenters. The topological polar surface area (TPSA) is 54.9 Å². The van der Waals surface area contributed by atoms with Crippen molar-refractivity contribution in [1.82, 2.24) is 9.97 Å². The summed E-state index contributed by atoms with van der Waals surface area (Å²) >= 11 is 0.785. The first-order valence-electron chi connectivity index (χ1n) is 8.42. The maximum absolute atomic E-state index is 13.2. The molecule has 0 fully saturated rings. The van der Waals surface area contributed by atoms with Gasteiger partial charge in [-0.25, -0.2) is 14.4 Å². The van der Waals surface area contributed by atoms with Crippen molar-refractivity contribution in [2.45, 2.75) is 18.3 Å². The first-order chi connectivity index (χ1) is 13.7. The molecule has 150 valence electrons. The molecular formula is C20H15F4N3OS. The van der Waals surface area contributed by atoms with Crippen LogP contribution in [0.15, 0.2) is 59.8 Å². The summed E-state index contributed by atoms with van der Waals surface area (Å²) in [5.74, 6) is -1.08. The SMILES string of the molecule is Cc1ccc(NC(=O)CSc2nc(-c3ccc(F)cc3)cc(C(F)(F)F)n2)cc1. The molecule has 0 aliphatic rings. The Morgan fingerprint density at radius 3 is 2.31 bits per heavy atom. The maximum atomic E-state index is 13.2. The van der Waals surface area contributed by atoms with E-state index >= 15 is 0 Å². The van der Waals surface area contributed by atoms with Crippen molar-refractivity contribution in [3.05, 3.63) is 71.7 Å². The fraction of sp³-hybridized carbons (Fsp3) is 0.150. The molecule has 0 radical (unpaired) electrons. The van der Waals surface area contributed by atoms with Crippen molar-refractivity contribution in [3.8, 4) is 11.3 Å². The van der Waals surface area contributed by atoms with Crippen LogP contribution in [0, 0.1) is 12.7 Å². The van der Waals surface area contributed by atoms with Crippen molar-refractivity contribution in [1.29, 1.82) is 0 Å². The molecule has 2 aromatic carbocycles. The number of anilines is 1. The summed E-state index contributed by atoms with van der Waals surface area (Å²) in [5.41, 5.74) is 0.786. The molecule has 3 aromatic rings. The van der Waals surface area contributed by atoms with Crippen LogP contribution in [0.4, 0.5) is 23.2 Å². The summed E-state index contributed by atoms with van der Waals surface area (Å²) in [6, 6.07) is 12.8. The second-order valence-corrected chi connectivity index (χ2v) is 7.07. The molecule has 0 saturated heterocycles. The monoisotopic (exact) mass is 421 g/mol. The van der Waals surface area contributed by atoms with Crippen LogP contribution >= 0.6 is 11.8 Å². The van der Waals surface area contributed by atoms with Gasteiger partial charge >= 0.3 is 6.18 Å². The molecule has 1 N–H and O–H groups in total. The molecule has 1 aromatic heterocycles. The molecule has 29 heavy (non-hydrogen) atoms. The molecule has 0 saturated carbocycles. The van der Waals surface area contributed by atoms with Gasteiger partial charge in [-0.05, 0) is 49.4 Å². The van der Waals surface area contributed by atoms with E-state index in [-0.39, 0.29) is 16.6 Å². The number of nitrogens with one attached hydrogen (secondary N) is 1. The van der Waals surface area contributed by atoms with E-state index in [1.807, 2.05) is 19.1 Å². The number of aryl methyl sites for hydroxylation is 1. The number of amides is 1. The number of rotatable bonds is 5. The van der Waals surface area contributed by atoms with Gasteiger partial charge in [0.25, 0.3) is 0 Å². The van der Waals surface area contributed by atoms with Gasteiger partial charge in [0.2, 0.25) is 5.91 Å². The Labute approximate surface area is 168 Å². The molecule has 3 rings (SSSR count). The number of benzene rings is 2. The predicted molar refractivity (Wildman–Crippen MR) is 103 cm³/mol. The Balaban J connectivity index is 1.78. The van der Waals surface area contributed by atoms with Gasteiger partial charge < -0.3 is 5.32 Å².